The molecule has 0 saturated carbocycles. The van der Waals surface area contributed by atoms with Gasteiger partial charge in [0.05, 0.1) is 6.04 Å². The summed E-state index contributed by atoms with van der Waals surface area (Å²) in [6, 6.07) is -1.17. The van der Waals surface area contributed by atoms with Crippen LogP contribution in [0, 0.1) is 0 Å². The van der Waals surface area contributed by atoms with Crippen molar-refractivity contribution in [3.63, 3.8) is 0 Å². The van der Waals surface area contributed by atoms with Crippen LogP contribution in [0.1, 0.15) is 33.1 Å². The number of carboxylic acid groups (broad SMARTS) is 1. The van der Waals surface area contributed by atoms with Crippen LogP contribution in [0.15, 0.2) is 11.8 Å². The molecule has 1 rings (SSSR count). The Morgan fingerprint density at radius 3 is 2.50 bits per heavy atom. The summed E-state index contributed by atoms with van der Waals surface area (Å²) < 4.78 is 5.15. The minimum absolute atomic E-state index is 0.276. The van der Waals surface area contributed by atoms with Gasteiger partial charge in [0.15, 0.2) is 6.10 Å². The Balaban J connectivity index is 2.81. The van der Waals surface area contributed by atoms with Gasteiger partial charge >= 0.3 is 5.97 Å². The second-order valence-corrected chi connectivity index (χ2v) is 6.10. The number of nitrogens with one attached hydrogen (secondary N) is 2. The summed E-state index contributed by atoms with van der Waals surface area (Å²) >= 11 is 0. The fourth-order valence-electron chi connectivity index (χ4n) is 2.50. The quantitative estimate of drug-likeness (QED) is 0.276. The van der Waals surface area contributed by atoms with E-state index in [-0.39, 0.29) is 18.9 Å². The summed E-state index contributed by atoms with van der Waals surface area (Å²) in [5.74, 6) is -2.91. The summed E-state index contributed by atoms with van der Waals surface area (Å²) in [4.78, 5) is 34.0. The molecule has 0 spiro atoms. The topological polar surface area (TPSA) is 165 Å². The van der Waals surface area contributed by atoms with Gasteiger partial charge < -0.3 is 35.8 Å². The summed E-state index contributed by atoms with van der Waals surface area (Å²) in [6.45, 7) is 2.81. The molecule has 26 heavy (non-hydrogen) atoms. The normalized spacial score (nSPS) is 24.7. The number of rotatable bonds is 9. The fraction of sp³-hybridized carbons (Fsp3) is 0.688. The van der Waals surface area contributed by atoms with Gasteiger partial charge in [-0.05, 0) is 12.5 Å². The molecule has 2 amide bonds. The van der Waals surface area contributed by atoms with E-state index in [0.717, 1.165) is 12.5 Å². The van der Waals surface area contributed by atoms with E-state index in [4.69, 9.17) is 9.84 Å². The summed E-state index contributed by atoms with van der Waals surface area (Å²) in [7, 11) is 0. The second kappa shape index (κ2) is 10.1. The molecule has 148 valence electrons. The lowest BCUT2D eigenvalue weighted by atomic mass is 9.93. The van der Waals surface area contributed by atoms with E-state index in [2.05, 4.69) is 10.6 Å². The van der Waals surface area contributed by atoms with Gasteiger partial charge in [-0.3, -0.25) is 9.59 Å². The van der Waals surface area contributed by atoms with Gasteiger partial charge in [0.25, 0.3) is 0 Å². The van der Waals surface area contributed by atoms with Crippen LogP contribution in [0.2, 0.25) is 0 Å². The van der Waals surface area contributed by atoms with Crippen LogP contribution in [0.25, 0.3) is 0 Å². The van der Waals surface area contributed by atoms with E-state index in [1.54, 1.807) is 0 Å². The van der Waals surface area contributed by atoms with E-state index in [9.17, 15) is 29.7 Å². The number of carbonyl (C=O) groups is 3. The molecule has 1 aliphatic heterocycles. The average Bonchev–Trinajstić information content (AvgIpc) is 2.58. The minimum atomic E-state index is -1.67. The highest BCUT2D eigenvalue weighted by Gasteiger charge is 2.43. The van der Waals surface area contributed by atoms with Gasteiger partial charge in [0, 0.05) is 19.9 Å². The summed E-state index contributed by atoms with van der Waals surface area (Å²) in [6.07, 6.45) is -3.35. The third-order valence-electron chi connectivity index (χ3n) is 3.88. The Morgan fingerprint density at radius 1 is 1.31 bits per heavy atom. The molecule has 0 aliphatic carbocycles. The van der Waals surface area contributed by atoms with E-state index in [0.29, 0.717) is 6.42 Å². The lowest BCUT2D eigenvalue weighted by Crippen LogP contribution is -2.60. The Kier molecular flexibility index (Phi) is 8.49. The fourth-order valence-corrected chi connectivity index (χ4v) is 2.50. The van der Waals surface area contributed by atoms with Gasteiger partial charge in [0.1, 0.15) is 18.3 Å². The first kappa shape index (κ1) is 21.9. The van der Waals surface area contributed by atoms with Crippen LogP contribution in [-0.4, -0.2) is 75.2 Å². The molecule has 6 N–H and O–H groups in total. The molecule has 1 heterocycles. The van der Waals surface area contributed by atoms with Gasteiger partial charge in [-0.2, -0.15) is 0 Å². The van der Waals surface area contributed by atoms with Gasteiger partial charge in [-0.25, -0.2) is 4.79 Å². The maximum absolute atomic E-state index is 11.6. The number of aliphatic carboxylic acids is 1. The number of unbranched alkanes of at least 4 members (excludes halogenated alkanes) is 1. The van der Waals surface area contributed by atoms with E-state index in [1.165, 1.54) is 6.92 Å². The monoisotopic (exact) mass is 374 g/mol. The molecule has 5 atom stereocenters. The SMILES string of the molecule is CCCCC(=O)NCC(O)C(O)C1OC(C(=O)O)=C[C@@H](O)C1NC(C)=O. The van der Waals surface area contributed by atoms with Crippen molar-refractivity contribution in [2.45, 2.75) is 63.6 Å². The molecular weight excluding hydrogens is 348 g/mol. The predicted molar refractivity (Wildman–Crippen MR) is 88.8 cm³/mol. The molecule has 1 aliphatic rings. The van der Waals surface area contributed by atoms with Crippen LogP contribution in [0.4, 0.5) is 0 Å². The molecule has 10 nitrogen and oxygen atoms in total. The molecule has 0 aromatic rings. The van der Waals surface area contributed by atoms with Gasteiger partial charge in [-0.1, -0.05) is 13.3 Å². The van der Waals surface area contributed by atoms with Crippen molar-refractivity contribution in [3.8, 4) is 0 Å². The number of carbonyl (C=O) groups excluding carboxylic acids is 2. The average molecular weight is 374 g/mol. The molecule has 0 saturated heterocycles. The van der Waals surface area contributed by atoms with Crippen LogP contribution in [0.3, 0.4) is 0 Å². The van der Waals surface area contributed by atoms with Crippen LogP contribution in [0.5, 0.6) is 0 Å². The first-order chi connectivity index (χ1) is 12.2. The molecule has 0 aromatic carbocycles. The van der Waals surface area contributed by atoms with Crippen molar-refractivity contribution < 1.29 is 39.5 Å². The maximum atomic E-state index is 11.6. The Labute approximate surface area is 150 Å². The number of carboxylic acids is 1. The molecule has 0 bridgehead atoms. The molecule has 0 fully saturated rings. The molecule has 0 aromatic heterocycles. The molecule has 10 heteroatoms. The number of ether oxygens (including phenoxy) is 1. The minimum Gasteiger partial charge on any atom is -0.478 e. The number of aliphatic hydroxyl groups excluding tert-OH is 3. The highest BCUT2D eigenvalue weighted by molar-refractivity contribution is 5.84. The van der Waals surface area contributed by atoms with Crippen LogP contribution >= 0.6 is 0 Å². The summed E-state index contributed by atoms with van der Waals surface area (Å²) in [5.41, 5.74) is 0. The smallest absolute Gasteiger partial charge is 0.370 e. The van der Waals surface area contributed by atoms with Crippen LogP contribution < -0.4 is 10.6 Å². The Bertz CT molecular complexity index is 550. The third kappa shape index (κ3) is 6.28. The van der Waals surface area contributed by atoms with Crippen molar-refractivity contribution in [2.75, 3.05) is 6.54 Å². The lowest BCUT2D eigenvalue weighted by Gasteiger charge is -2.38. The van der Waals surface area contributed by atoms with E-state index in [1.807, 2.05) is 6.92 Å². The first-order valence-electron chi connectivity index (χ1n) is 8.37. The van der Waals surface area contributed by atoms with Crippen molar-refractivity contribution >= 4 is 17.8 Å². The standard InChI is InChI=1S/C16H26N2O8/c1-3-4-5-12(22)17-7-10(21)14(23)15-13(18-8(2)19)9(20)6-11(26-15)16(24)25/h6,9-10,13-15,20-21,23H,3-5,7H2,1-2H3,(H,17,22)(H,18,19)(H,24,25)/t9-,10?,13?,14?,15?/m1/s1. The first-order valence-corrected chi connectivity index (χ1v) is 8.37. The van der Waals surface area contributed by atoms with Crippen molar-refractivity contribution in [3.05, 3.63) is 11.8 Å². The second-order valence-electron chi connectivity index (χ2n) is 6.10. The summed E-state index contributed by atoms with van der Waals surface area (Å²) in [5, 5.41) is 44.3. The predicted octanol–water partition coefficient (Wildman–Crippen LogP) is -1.75. The van der Waals surface area contributed by atoms with Gasteiger partial charge in [0.2, 0.25) is 17.6 Å². The zero-order chi connectivity index (χ0) is 19.9. The third-order valence-corrected chi connectivity index (χ3v) is 3.88. The van der Waals surface area contributed by atoms with Crippen molar-refractivity contribution in [1.29, 1.82) is 0 Å². The molecule has 4 unspecified atom stereocenters. The van der Waals surface area contributed by atoms with E-state index < -0.39 is 48.1 Å². The lowest BCUT2D eigenvalue weighted by molar-refractivity contribution is -0.147. The number of aliphatic hydroxyl groups is 3. The highest BCUT2D eigenvalue weighted by Crippen LogP contribution is 2.22. The maximum Gasteiger partial charge on any atom is 0.370 e. The zero-order valence-electron chi connectivity index (χ0n) is 14.7. The Morgan fingerprint density at radius 2 is 1.96 bits per heavy atom. The van der Waals surface area contributed by atoms with Crippen LogP contribution in [-0.2, 0) is 19.1 Å². The van der Waals surface area contributed by atoms with Crippen molar-refractivity contribution in [1.82, 2.24) is 10.6 Å². The van der Waals surface area contributed by atoms with Crippen molar-refractivity contribution in [2.24, 2.45) is 0 Å². The molecular formula is C16H26N2O8. The number of hydrogen-bond acceptors (Lipinski definition) is 7. The zero-order valence-corrected chi connectivity index (χ0v) is 14.7. The Hall–Kier alpha value is -2.17. The van der Waals surface area contributed by atoms with Gasteiger partial charge in [-0.15, -0.1) is 0 Å². The number of amides is 2. The largest absolute Gasteiger partial charge is 0.478 e. The van der Waals surface area contributed by atoms with E-state index >= 15 is 0 Å². The number of hydrogen-bond donors (Lipinski definition) is 6. The highest BCUT2D eigenvalue weighted by atomic mass is 16.5. The molecule has 0 radical (unpaired) electrons.